The van der Waals surface area contributed by atoms with Gasteiger partial charge in [-0.25, -0.2) is 0 Å². The monoisotopic (exact) mass is 291 g/mol. The Morgan fingerprint density at radius 3 is 2.10 bits per heavy atom. The standard InChI is InChI=1S/C18H33N3/c1-15(2)18(21(6)14-10-13-20(4)5)17(19-3)16-11-8-7-9-12-16/h7-9,11-12,15,17-19H,10,13-14H2,1-6H3. The predicted molar refractivity (Wildman–Crippen MR) is 92.7 cm³/mol. The zero-order valence-corrected chi connectivity index (χ0v) is 14.6. The summed E-state index contributed by atoms with van der Waals surface area (Å²) >= 11 is 0. The van der Waals surface area contributed by atoms with Crippen LogP contribution < -0.4 is 5.32 Å². The minimum atomic E-state index is 0.371. The van der Waals surface area contributed by atoms with Gasteiger partial charge in [0.1, 0.15) is 0 Å². The van der Waals surface area contributed by atoms with Crippen LogP contribution in [-0.2, 0) is 0 Å². The van der Waals surface area contributed by atoms with Crippen molar-refractivity contribution in [3.8, 4) is 0 Å². The van der Waals surface area contributed by atoms with Crippen molar-refractivity contribution in [2.45, 2.75) is 32.4 Å². The van der Waals surface area contributed by atoms with Gasteiger partial charge in [-0.3, -0.25) is 0 Å². The lowest BCUT2D eigenvalue weighted by molar-refractivity contribution is 0.145. The smallest absolute Gasteiger partial charge is 0.0478 e. The number of benzene rings is 1. The Labute approximate surface area is 131 Å². The summed E-state index contributed by atoms with van der Waals surface area (Å²) in [6, 6.07) is 11.7. The van der Waals surface area contributed by atoms with Crippen molar-refractivity contribution in [3.05, 3.63) is 35.9 Å². The highest BCUT2D eigenvalue weighted by molar-refractivity contribution is 5.21. The molecule has 0 aromatic heterocycles. The Kier molecular flexibility index (Phi) is 7.94. The number of nitrogens with one attached hydrogen (secondary N) is 1. The molecule has 3 nitrogen and oxygen atoms in total. The zero-order valence-electron chi connectivity index (χ0n) is 14.6. The minimum absolute atomic E-state index is 0.371. The highest BCUT2D eigenvalue weighted by Crippen LogP contribution is 2.25. The van der Waals surface area contributed by atoms with Crippen molar-refractivity contribution < 1.29 is 0 Å². The van der Waals surface area contributed by atoms with Crippen LogP contribution in [0.5, 0.6) is 0 Å². The van der Waals surface area contributed by atoms with Gasteiger partial charge in [0.25, 0.3) is 0 Å². The van der Waals surface area contributed by atoms with E-state index in [2.05, 4.69) is 87.5 Å². The molecule has 1 aromatic rings. The van der Waals surface area contributed by atoms with Gasteiger partial charge < -0.3 is 15.1 Å². The first-order chi connectivity index (χ1) is 9.97. The van der Waals surface area contributed by atoms with Crippen LogP contribution in [0.25, 0.3) is 0 Å². The molecule has 2 unspecified atom stereocenters. The van der Waals surface area contributed by atoms with E-state index in [1.807, 2.05) is 0 Å². The molecular formula is C18H33N3. The normalized spacial score (nSPS) is 14.9. The van der Waals surface area contributed by atoms with E-state index in [1.165, 1.54) is 12.0 Å². The number of likely N-dealkylation sites (N-methyl/N-ethyl adjacent to an activating group) is 2. The largest absolute Gasteiger partial charge is 0.312 e. The number of hydrogen-bond acceptors (Lipinski definition) is 3. The van der Waals surface area contributed by atoms with Gasteiger partial charge in [0, 0.05) is 12.1 Å². The van der Waals surface area contributed by atoms with E-state index < -0.39 is 0 Å². The first kappa shape index (κ1) is 18.1. The van der Waals surface area contributed by atoms with Crippen LogP contribution in [0.15, 0.2) is 30.3 Å². The van der Waals surface area contributed by atoms with Crippen LogP contribution in [0.4, 0.5) is 0 Å². The predicted octanol–water partition coefficient (Wildman–Crippen LogP) is 2.86. The second-order valence-electron chi connectivity index (χ2n) is 6.55. The molecular weight excluding hydrogens is 258 g/mol. The van der Waals surface area contributed by atoms with E-state index in [1.54, 1.807) is 0 Å². The van der Waals surface area contributed by atoms with Crippen molar-refractivity contribution in [1.29, 1.82) is 0 Å². The van der Waals surface area contributed by atoms with Gasteiger partial charge in [-0.05, 0) is 59.2 Å². The molecule has 0 aliphatic carbocycles. The fourth-order valence-corrected chi connectivity index (χ4v) is 3.13. The highest BCUT2D eigenvalue weighted by Gasteiger charge is 2.28. The van der Waals surface area contributed by atoms with Gasteiger partial charge in [0.2, 0.25) is 0 Å². The van der Waals surface area contributed by atoms with E-state index >= 15 is 0 Å². The van der Waals surface area contributed by atoms with Gasteiger partial charge in [0.05, 0.1) is 0 Å². The Morgan fingerprint density at radius 2 is 1.62 bits per heavy atom. The van der Waals surface area contributed by atoms with Gasteiger partial charge in [0.15, 0.2) is 0 Å². The molecule has 3 heteroatoms. The number of hydrogen-bond donors (Lipinski definition) is 1. The first-order valence-corrected chi connectivity index (χ1v) is 8.04. The molecule has 0 heterocycles. The van der Waals surface area contributed by atoms with Crippen molar-refractivity contribution in [2.75, 3.05) is 41.3 Å². The summed E-state index contributed by atoms with van der Waals surface area (Å²) in [5, 5.41) is 3.53. The van der Waals surface area contributed by atoms with Crippen molar-refractivity contribution in [2.24, 2.45) is 5.92 Å². The van der Waals surface area contributed by atoms with Crippen LogP contribution in [0.3, 0.4) is 0 Å². The average molecular weight is 291 g/mol. The summed E-state index contributed by atoms with van der Waals surface area (Å²) in [5.74, 6) is 0.604. The first-order valence-electron chi connectivity index (χ1n) is 8.04. The lowest BCUT2D eigenvalue weighted by Crippen LogP contribution is -2.46. The molecule has 0 fully saturated rings. The Bertz CT molecular complexity index is 375. The molecule has 0 aliphatic heterocycles. The van der Waals surface area contributed by atoms with Gasteiger partial charge in [-0.2, -0.15) is 0 Å². The second-order valence-corrected chi connectivity index (χ2v) is 6.55. The Balaban J connectivity index is 2.78. The molecule has 1 N–H and O–H groups in total. The summed E-state index contributed by atoms with van der Waals surface area (Å²) in [6.07, 6.45) is 1.21. The number of nitrogens with zero attached hydrogens (tertiary/aromatic N) is 2. The van der Waals surface area contributed by atoms with Crippen molar-refractivity contribution in [3.63, 3.8) is 0 Å². The third kappa shape index (κ3) is 5.77. The second kappa shape index (κ2) is 9.19. The SMILES string of the molecule is CNC(c1ccccc1)C(C(C)C)N(C)CCCN(C)C. The van der Waals surface area contributed by atoms with Crippen molar-refractivity contribution >= 4 is 0 Å². The van der Waals surface area contributed by atoms with Crippen LogP contribution in [0.2, 0.25) is 0 Å². The van der Waals surface area contributed by atoms with Crippen LogP contribution >= 0.6 is 0 Å². The fraction of sp³-hybridized carbons (Fsp3) is 0.667. The molecule has 0 saturated heterocycles. The minimum Gasteiger partial charge on any atom is -0.312 e. The molecule has 1 rings (SSSR count). The highest BCUT2D eigenvalue weighted by atomic mass is 15.2. The molecule has 1 aromatic carbocycles. The summed E-state index contributed by atoms with van der Waals surface area (Å²) < 4.78 is 0. The molecule has 0 aliphatic rings. The Morgan fingerprint density at radius 1 is 1.00 bits per heavy atom. The lowest BCUT2D eigenvalue weighted by Gasteiger charge is -2.38. The van der Waals surface area contributed by atoms with E-state index in [0.29, 0.717) is 18.0 Å². The van der Waals surface area contributed by atoms with Crippen molar-refractivity contribution in [1.82, 2.24) is 15.1 Å². The third-order valence-corrected chi connectivity index (χ3v) is 4.12. The molecule has 0 amide bonds. The van der Waals surface area contributed by atoms with Crippen LogP contribution in [0, 0.1) is 5.92 Å². The summed E-state index contributed by atoms with van der Waals surface area (Å²) in [7, 11) is 8.61. The molecule has 0 radical (unpaired) electrons. The topological polar surface area (TPSA) is 18.5 Å². The number of rotatable bonds is 9. The zero-order chi connectivity index (χ0) is 15.8. The van der Waals surface area contributed by atoms with Crippen LogP contribution in [0.1, 0.15) is 31.9 Å². The molecule has 2 atom stereocenters. The van der Waals surface area contributed by atoms with E-state index in [0.717, 1.165) is 13.1 Å². The molecule has 120 valence electrons. The van der Waals surface area contributed by atoms with Crippen LogP contribution in [-0.4, -0.2) is 57.1 Å². The summed E-state index contributed by atoms with van der Waals surface area (Å²) in [4.78, 5) is 4.77. The van der Waals surface area contributed by atoms with E-state index in [4.69, 9.17) is 0 Å². The maximum atomic E-state index is 3.53. The fourth-order valence-electron chi connectivity index (χ4n) is 3.13. The lowest BCUT2D eigenvalue weighted by atomic mass is 9.90. The maximum Gasteiger partial charge on any atom is 0.0478 e. The molecule has 21 heavy (non-hydrogen) atoms. The quantitative estimate of drug-likeness (QED) is 0.755. The summed E-state index contributed by atoms with van der Waals surface area (Å²) in [6.45, 7) is 6.91. The molecule has 0 spiro atoms. The van der Waals surface area contributed by atoms with Gasteiger partial charge in [-0.15, -0.1) is 0 Å². The van der Waals surface area contributed by atoms with E-state index in [9.17, 15) is 0 Å². The van der Waals surface area contributed by atoms with Gasteiger partial charge >= 0.3 is 0 Å². The Hall–Kier alpha value is -0.900. The average Bonchev–Trinajstić information content (AvgIpc) is 2.44. The molecule has 0 saturated carbocycles. The maximum absolute atomic E-state index is 3.53. The third-order valence-electron chi connectivity index (χ3n) is 4.12. The van der Waals surface area contributed by atoms with E-state index in [-0.39, 0.29) is 0 Å². The summed E-state index contributed by atoms with van der Waals surface area (Å²) in [5.41, 5.74) is 1.37. The molecule has 0 bridgehead atoms. The van der Waals surface area contributed by atoms with Gasteiger partial charge in [-0.1, -0.05) is 44.2 Å².